The Labute approximate surface area is 115 Å². The summed E-state index contributed by atoms with van der Waals surface area (Å²) in [5.41, 5.74) is 8.07. The molecule has 18 heavy (non-hydrogen) atoms. The largest absolute Gasteiger partial charge is 0.463 e. The van der Waals surface area contributed by atoms with Gasteiger partial charge >= 0.3 is 0 Å². The van der Waals surface area contributed by atoms with Gasteiger partial charge in [0.1, 0.15) is 11.8 Å². The fourth-order valence-electron chi connectivity index (χ4n) is 2.95. The number of likely N-dealkylation sites (tertiary alicyclic amines) is 1. The molecule has 3 rings (SSSR count). The third-order valence-corrected chi connectivity index (χ3v) is 4.52. The lowest BCUT2D eigenvalue weighted by Gasteiger charge is -2.19. The van der Waals surface area contributed by atoms with Gasteiger partial charge in [-0.25, -0.2) is 0 Å². The monoisotopic (exact) mass is 308 g/mol. The standard InChI is InChI=1S/C14H17BrN2O/c1-17-7-9(6-16)5-13(17)11-4-2-3-10-12(15)8-18-14(10)11/h2-4,8-9,13H,5-7,16H2,1H3. The van der Waals surface area contributed by atoms with Crippen molar-refractivity contribution in [3.8, 4) is 0 Å². The van der Waals surface area contributed by atoms with Gasteiger partial charge in [0.2, 0.25) is 0 Å². The molecule has 1 aromatic heterocycles. The number of halogens is 1. The minimum atomic E-state index is 0.417. The molecular formula is C14H17BrN2O. The Kier molecular flexibility index (Phi) is 3.18. The fraction of sp³-hybridized carbons (Fsp3) is 0.429. The molecule has 4 heteroatoms. The van der Waals surface area contributed by atoms with E-state index in [0.717, 1.165) is 35.0 Å². The third kappa shape index (κ3) is 1.88. The van der Waals surface area contributed by atoms with Gasteiger partial charge in [0.15, 0.2) is 0 Å². The highest BCUT2D eigenvalue weighted by molar-refractivity contribution is 9.10. The molecule has 3 nitrogen and oxygen atoms in total. The quantitative estimate of drug-likeness (QED) is 0.926. The third-order valence-electron chi connectivity index (χ3n) is 3.91. The van der Waals surface area contributed by atoms with Gasteiger partial charge in [0.05, 0.1) is 4.47 Å². The number of fused-ring (bicyclic) bond motifs is 1. The molecule has 1 fully saturated rings. The zero-order chi connectivity index (χ0) is 12.7. The molecule has 0 saturated carbocycles. The van der Waals surface area contributed by atoms with Crippen molar-refractivity contribution >= 4 is 26.9 Å². The van der Waals surface area contributed by atoms with Crippen molar-refractivity contribution in [2.45, 2.75) is 12.5 Å². The molecule has 0 bridgehead atoms. The molecule has 0 aliphatic carbocycles. The molecule has 0 amide bonds. The number of benzene rings is 1. The first kappa shape index (κ1) is 12.2. The number of nitrogens with two attached hydrogens (primary N) is 1. The highest BCUT2D eigenvalue weighted by Gasteiger charge is 2.31. The highest BCUT2D eigenvalue weighted by Crippen LogP contribution is 2.39. The van der Waals surface area contributed by atoms with Gasteiger partial charge in [-0.05, 0) is 47.9 Å². The van der Waals surface area contributed by atoms with Crippen LogP contribution >= 0.6 is 15.9 Å². The summed E-state index contributed by atoms with van der Waals surface area (Å²) in [6.07, 6.45) is 2.88. The van der Waals surface area contributed by atoms with Crippen LogP contribution in [-0.4, -0.2) is 25.0 Å². The number of hydrogen-bond donors (Lipinski definition) is 1. The Morgan fingerprint density at radius 1 is 1.50 bits per heavy atom. The Morgan fingerprint density at radius 2 is 2.33 bits per heavy atom. The molecular weight excluding hydrogens is 292 g/mol. The molecule has 0 spiro atoms. The normalized spacial score (nSPS) is 25.1. The van der Waals surface area contributed by atoms with Crippen molar-refractivity contribution in [2.75, 3.05) is 20.1 Å². The van der Waals surface area contributed by atoms with Crippen LogP contribution in [0.25, 0.3) is 11.0 Å². The van der Waals surface area contributed by atoms with Crippen LogP contribution < -0.4 is 5.73 Å². The number of furan rings is 1. The summed E-state index contributed by atoms with van der Waals surface area (Å²) in [6.45, 7) is 1.83. The maximum absolute atomic E-state index is 5.80. The average molecular weight is 309 g/mol. The van der Waals surface area contributed by atoms with Crippen LogP contribution in [0.1, 0.15) is 18.0 Å². The Balaban J connectivity index is 2.04. The minimum Gasteiger partial charge on any atom is -0.463 e. The van der Waals surface area contributed by atoms with Gasteiger partial charge in [-0.2, -0.15) is 0 Å². The molecule has 2 N–H and O–H groups in total. The summed E-state index contributed by atoms with van der Waals surface area (Å²) in [5.74, 6) is 0.591. The average Bonchev–Trinajstić information content (AvgIpc) is 2.93. The predicted octanol–water partition coefficient (Wildman–Crippen LogP) is 3.15. The van der Waals surface area contributed by atoms with Crippen LogP contribution in [0.4, 0.5) is 0 Å². The summed E-state index contributed by atoms with van der Waals surface area (Å²) < 4.78 is 6.73. The lowest BCUT2D eigenvalue weighted by molar-refractivity contribution is 0.313. The summed E-state index contributed by atoms with van der Waals surface area (Å²) in [7, 11) is 2.16. The van der Waals surface area contributed by atoms with E-state index in [4.69, 9.17) is 10.2 Å². The summed E-state index contributed by atoms with van der Waals surface area (Å²) in [5, 5.41) is 1.15. The summed E-state index contributed by atoms with van der Waals surface area (Å²) >= 11 is 3.52. The van der Waals surface area contributed by atoms with Crippen LogP contribution in [0.2, 0.25) is 0 Å². The number of para-hydroxylation sites is 1. The summed E-state index contributed by atoms with van der Waals surface area (Å²) in [4.78, 5) is 2.38. The maximum Gasteiger partial charge on any atom is 0.139 e. The zero-order valence-electron chi connectivity index (χ0n) is 10.4. The fourth-order valence-corrected chi connectivity index (χ4v) is 3.36. The lowest BCUT2D eigenvalue weighted by atomic mass is 9.98. The topological polar surface area (TPSA) is 42.4 Å². The molecule has 2 heterocycles. The molecule has 1 aliphatic rings. The van der Waals surface area contributed by atoms with E-state index in [-0.39, 0.29) is 0 Å². The van der Waals surface area contributed by atoms with Crippen molar-refractivity contribution in [3.05, 3.63) is 34.5 Å². The molecule has 96 valence electrons. The van der Waals surface area contributed by atoms with E-state index in [2.05, 4.69) is 46.1 Å². The molecule has 1 saturated heterocycles. The van der Waals surface area contributed by atoms with Gasteiger partial charge in [0, 0.05) is 23.5 Å². The Morgan fingerprint density at radius 3 is 3.06 bits per heavy atom. The predicted molar refractivity (Wildman–Crippen MR) is 76.4 cm³/mol. The van der Waals surface area contributed by atoms with E-state index in [0.29, 0.717) is 12.0 Å². The lowest BCUT2D eigenvalue weighted by Crippen LogP contribution is -2.20. The van der Waals surface area contributed by atoms with Crippen LogP contribution in [-0.2, 0) is 0 Å². The second-order valence-corrected chi connectivity index (χ2v) is 5.95. The van der Waals surface area contributed by atoms with Crippen molar-refractivity contribution in [1.29, 1.82) is 0 Å². The van der Waals surface area contributed by atoms with Gasteiger partial charge in [-0.3, -0.25) is 4.90 Å². The van der Waals surface area contributed by atoms with Crippen LogP contribution in [0.3, 0.4) is 0 Å². The van der Waals surface area contributed by atoms with Gasteiger partial charge < -0.3 is 10.2 Å². The number of rotatable bonds is 2. The zero-order valence-corrected chi connectivity index (χ0v) is 12.0. The first-order valence-electron chi connectivity index (χ1n) is 6.26. The molecule has 2 aromatic rings. The van der Waals surface area contributed by atoms with Crippen LogP contribution in [0, 0.1) is 5.92 Å². The van der Waals surface area contributed by atoms with Crippen LogP contribution in [0.5, 0.6) is 0 Å². The number of hydrogen-bond acceptors (Lipinski definition) is 3. The molecule has 1 aliphatic heterocycles. The first-order valence-corrected chi connectivity index (χ1v) is 7.06. The van der Waals surface area contributed by atoms with Crippen molar-refractivity contribution in [3.63, 3.8) is 0 Å². The molecule has 1 aromatic carbocycles. The SMILES string of the molecule is CN1CC(CN)CC1c1cccc2c(Br)coc12. The van der Waals surface area contributed by atoms with Gasteiger partial charge in [-0.1, -0.05) is 12.1 Å². The van der Waals surface area contributed by atoms with Crippen LogP contribution in [0.15, 0.2) is 33.4 Å². The Hall–Kier alpha value is -0.840. The highest BCUT2D eigenvalue weighted by atomic mass is 79.9. The maximum atomic E-state index is 5.80. The van der Waals surface area contributed by atoms with E-state index < -0.39 is 0 Å². The molecule has 2 atom stereocenters. The second-order valence-electron chi connectivity index (χ2n) is 5.10. The minimum absolute atomic E-state index is 0.417. The van der Waals surface area contributed by atoms with E-state index in [9.17, 15) is 0 Å². The van der Waals surface area contributed by atoms with Crippen molar-refractivity contribution in [1.82, 2.24) is 4.90 Å². The van der Waals surface area contributed by atoms with E-state index in [1.54, 1.807) is 6.26 Å². The molecule has 0 radical (unpaired) electrons. The second kappa shape index (κ2) is 4.68. The smallest absolute Gasteiger partial charge is 0.139 e. The van der Waals surface area contributed by atoms with Crippen molar-refractivity contribution in [2.24, 2.45) is 11.7 Å². The van der Waals surface area contributed by atoms with E-state index in [1.807, 2.05) is 0 Å². The van der Waals surface area contributed by atoms with E-state index in [1.165, 1.54) is 5.56 Å². The first-order chi connectivity index (χ1) is 8.70. The van der Waals surface area contributed by atoms with Crippen molar-refractivity contribution < 1.29 is 4.42 Å². The van der Waals surface area contributed by atoms with Gasteiger partial charge in [0.25, 0.3) is 0 Å². The number of nitrogens with zero attached hydrogens (tertiary/aromatic N) is 1. The molecule has 2 unspecified atom stereocenters. The van der Waals surface area contributed by atoms with E-state index >= 15 is 0 Å². The van der Waals surface area contributed by atoms with Gasteiger partial charge in [-0.15, -0.1) is 0 Å². The Bertz CT molecular complexity index is 566. The summed E-state index contributed by atoms with van der Waals surface area (Å²) in [6, 6.07) is 6.77.